The van der Waals surface area contributed by atoms with Crippen LogP contribution in [-0.2, 0) is 16.6 Å². The summed E-state index contributed by atoms with van der Waals surface area (Å²) in [5.41, 5.74) is 0.984. The van der Waals surface area contributed by atoms with Gasteiger partial charge in [-0.2, -0.15) is 0 Å². The van der Waals surface area contributed by atoms with E-state index in [-0.39, 0.29) is 17.1 Å². The van der Waals surface area contributed by atoms with E-state index in [9.17, 15) is 17.2 Å². The predicted octanol–water partition coefficient (Wildman–Crippen LogP) is 4.69. The summed E-state index contributed by atoms with van der Waals surface area (Å²) in [6.07, 6.45) is 0. The van der Waals surface area contributed by atoms with Gasteiger partial charge in [-0.3, -0.25) is 4.31 Å². The maximum Gasteiger partial charge on any atom is 0.264 e. The number of hydrogen-bond acceptors (Lipinski definition) is 4. The second kappa shape index (κ2) is 8.71. The average molecular weight is 433 g/mol. The van der Waals surface area contributed by atoms with Gasteiger partial charge in [-0.1, -0.05) is 18.2 Å². The Bertz CT molecular complexity index is 1140. The Morgan fingerprint density at radius 1 is 0.900 bits per heavy atom. The fourth-order valence-electron chi connectivity index (χ4n) is 2.91. The Balaban J connectivity index is 2.17. The molecule has 5 nitrogen and oxygen atoms in total. The number of methoxy groups -OCH3 is 2. The third-order valence-electron chi connectivity index (χ3n) is 4.57. The molecular weight excluding hydrogens is 412 g/mol. The summed E-state index contributed by atoms with van der Waals surface area (Å²) in [7, 11) is -1.31. The highest BCUT2D eigenvalue weighted by atomic mass is 32.2. The SMILES string of the molecule is COc1cc(OC)cc(N(Cc2cccc(F)c2)S(=O)(=O)c2ccc(C)c(F)c2)c1. The first-order chi connectivity index (χ1) is 14.2. The molecule has 0 aliphatic carbocycles. The molecule has 0 amide bonds. The Labute approximate surface area is 174 Å². The van der Waals surface area contributed by atoms with Crippen LogP contribution in [0.5, 0.6) is 11.5 Å². The molecule has 3 aromatic rings. The van der Waals surface area contributed by atoms with Crippen molar-refractivity contribution in [1.29, 1.82) is 0 Å². The number of anilines is 1. The van der Waals surface area contributed by atoms with Crippen LogP contribution in [0.25, 0.3) is 0 Å². The number of rotatable bonds is 7. The van der Waals surface area contributed by atoms with Crippen LogP contribution in [0.2, 0.25) is 0 Å². The lowest BCUT2D eigenvalue weighted by atomic mass is 10.2. The van der Waals surface area contributed by atoms with Crippen LogP contribution in [0.3, 0.4) is 0 Å². The lowest BCUT2D eigenvalue weighted by molar-refractivity contribution is 0.394. The first-order valence-electron chi connectivity index (χ1n) is 9.01. The summed E-state index contributed by atoms with van der Waals surface area (Å²) in [5.74, 6) is -0.378. The Morgan fingerprint density at radius 2 is 1.57 bits per heavy atom. The maximum atomic E-state index is 14.1. The fraction of sp³-hybridized carbons (Fsp3) is 0.182. The molecular formula is C22H21F2NO4S. The van der Waals surface area contributed by atoms with Crippen LogP contribution in [0.4, 0.5) is 14.5 Å². The van der Waals surface area contributed by atoms with E-state index in [0.29, 0.717) is 22.6 Å². The third kappa shape index (κ3) is 4.54. The van der Waals surface area contributed by atoms with Gasteiger partial charge in [0.05, 0.1) is 31.3 Å². The minimum absolute atomic E-state index is 0.175. The number of aryl methyl sites for hydroxylation is 1. The zero-order valence-electron chi connectivity index (χ0n) is 16.7. The van der Waals surface area contributed by atoms with Gasteiger partial charge >= 0.3 is 0 Å². The Morgan fingerprint density at radius 3 is 2.13 bits per heavy atom. The van der Waals surface area contributed by atoms with Gasteiger partial charge in [0, 0.05) is 18.2 Å². The zero-order valence-corrected chi connectivity index (χ0v) is 17.5. The van der Waals surface area contributed by atoms with Crippen LogP contribution >= 0.6 is 0 Å². The maximum absolute atomic E-state index is 14.1. The van der Waals surface area contributed by atoms with E-state index >= 15 is 0 Å². The number of hydrogen-bond donors (Lipinski definition) is 0. The van der Waals surface area contributed by atoms with Crippen molar-refractivity contribution in [1.82, 2.24) is 0 Å². The zero-order chi connectivity index (χ0) is 21.9. The second-order valence-electron chi connectivity index (χ2n) is 6.62. The minimum atomic E-state index is -4.19. The summed E-state index contributed by atoms with van der Waals surface area (Å²) in [4.78, 5) is -0.219. The highest BCUT2D eigenvalue weighted by Gasteiger charge is 2.27. The number of ether oxygens (including phenoxy) is 2. The molecule has 0 aromatic heterocycles. The van der Waals surface area contributed by atoms with E-state index in [1.165, 1.54) is 56.7 Å². The van der Waals surface area contributed by atoms with Crippen molar-refractivity contribution < 1.29 is 26.7 Å². The van der Waals surface area contributed by atoms with Crippen LogP contribution < -0.4 is 13.8 Å². The van der Waals surface area contributed by atoms with Crippen molar-refractivity contribution in [3.05, 3.63) is 83.4 Å². The summed E-state index contributed by atoms with van der Waals surface area (Å²) >= 11 is 0. The number of halogens is 2. The van der Waals surface area contributed by atoms with Crippen molar-refractivity contribution in [2.75, 3.05) is 18.5 Å². The normalized spacial score (nSPS) is 11.2. The molecule has 0 heterocycles. The van der Waals surface area contributed by atoms with Gasteiger partial charge in [0.1, 0.15) is 23.1 Å². The van der Waals surface area contributed by atoms with Crippen molar-refractivity contribution >= 4 is 15.7 Å². The van der Waals surface area contributed by atoms with Crippen molar-refractivity contribution in [3.63, 3.8) is 0 Å². The molecule has 3 aromatic carbocycles. The molecule has 0 aliphatic heterocycles. The Kier molecular flexibility index (Phi) is 6.26. The second-order valence-corrected chi connectivity index (χ2v) is 8.49. The Hall–Kier alpha value is -3.13. The van der Waals surface area contributed by atoms with Gasteiger partial charge in [0.25, 0.3) is 10.0 Å². The lowest BCUT2D eigenvalue weighted by Crippen LogP contribution is -2.30. The molecule has 0 fully saturated rings. The largest absolute Gasteiger partial charge is 0.497 e. The fourth-order valence-corrected chi connectivity index (χ4v) is 4.36. The van der Waals surface area contributed by atoms with Crippen molar-refractivity contribution in [3.8, 4) is 11.5 Å². The van der Waals surface area contributed by atoms with Gasteiger partial charge in [0.2, 0.25) is 0 Å². The molecule has 0 radical (unpaired) electrons. The molecule has 0 saturated heterocycles. The molecule has 30 heavy (non-hydrogen) atoms. The van der Waals surface area contributed by atoms with Gasteiger partial charge in [-0.15, -0.1) is 0 Å². The molecule has 0 saturated carbocycles. The molecule has 158 valence electrons. The van der Waals surface area contributed by atoms with Gasteiger partial charge in [-0.05, 0) is 42.3 Å². The van der Waals surface area contributed by atoms with Gasteiger partial charge in [-0.25, -0.2) is 17.2 Å². The summed E-state index contributed by atoms with van der Waals surface area (Å²) in [6, 6.07) is 14.0. The molecule has 0 N–H and O–H groups in total. The van der Waals surface area contributed by atoms with Gasteiger partial charge < -0.3 is 9.47 Å². The first-order valence-corrected chi connectivity index (χ1v) is 10.4. The van der Waals surface area contributed by atoms with E-state index in [1.807, 2.05) is 0 Å². The number of nitrogens with zero attached hydrogens (tertiary/aromatic N) is 1. The minimum Gasteiger partial charge on any atom is -0.497 e. The highest BCUT2D eigenvalue weighted by Crippen LogP contribution is 2.33. The molecule has 0 spiro atoms. The smallest absolute Gasteiger partial charge is 0.264 e. The summed E-state index contributed by atoms with van der Waals surface area (Å²) < 4.78 is 66.3. The monoisotopic (exact) mass is 433 g/mol. The van der Waals surface area contributed by atoms with E-state index in [0.717, 1.165) is 10.4 Å². The molecule has 0 atom stereocenters. The van der Waals surface area contributed by atoms with Crippen molar-refractivity contribution in [2.24, 2.45) is 0 Å². The van der Waals surface area contributed by atoms with Crippen LogP contribution in [0.1, 0.15) is 11.1 Å². The highest BCUT2D eigenvalue weighted by molar-refractivity contribution is 7.92. The molecule has 3 rings (SSSR count). The van der Waals surface area contributed by atoms with Gasteiger partial charge in [0.15, 0.2) is 0 Å². The topological polar surface area (TPSA) is 55.8 Å². The first kappa shape index (κ1) is 21.6. The quantitative estimate of drug-likeness (QED) is 0.543. The van der Waals surface area contributed by atoms with E-state index in [1.54, 1.807) is 19.1 Å². The van der Waals surface area contributed by atoms with E-state index in [2.05, 4.69) is 0 Å². The molecule has 0 bridgehead atoms. The van der Waals surface area contributed by atoms with Crippen LogP contribution in [-0.4, -0.2) is 22.6 Å². The van der Waals surface area contributed by atoms with Crippen molar-refractivity contribution in [2.45, 2.75) is 18.4 Å². The molecule has 8 heteroatoms. The summed E-state index contributed by atoms with van der Waals surface area (Å²) in [5, 5.41) is 0. The third-order valence-corrected chi connectivity index (χ3v) is 6.34. The average Bonchev–Trinajstić information content (AvgIpc) is 2.73. The van der Waals surface area contributed by atoms with E-state index in [4.69, 9.17) is 9.47 Å². The van der Waals surface area contributed by atoms with Crippen LogP contribution in [0, 0.1) is 18.6 Å². The summed E-state index contributed by atoms with van der Waals surface area (Å²) in [6.45, 7) is 1.37. The standard InChI is InChI=1S/C22H21F2NO4S/c1-15-7-8-21(13-22(15)24)30(26,27)25(14-16-5-4-6-17(23)9-16)18-10-19(28-2)12-20(11-18)29-3/h4-13H,14H2,1-3H3. The van der Waals surface area contributed by atoms with Crippen LogP contribution in [0.15, 0.2) is 65.6 Å². The molecule has 0 unspecified atom stereocenters. The number of sulfonamides is 1. The number of benzene rings is 3. The predicted molar refractivity (Wildman–Crippen MR) is 110 cm³/mol. The lowest BCUT2D eigenvalue weighted by Gasteiger charge is -2.26. The molecule has 0 aliphatic rings. The van der Waals surface area contributed by atoms with E-state index < -0.39 is 21.7 Å².